The van der Waals surface area contributed by atoms with E-state index in [-0.39, 0.29) is 15.1 Å². The minimum absolute atomic E-state index is 0.0135. The highest BCUT2D eigenvalue weighted by Crippen LogP contribution is 2.23. The highest BCUT2D eigenvalue weighted by Gasteiger charge is 2.54. The highest BCUT2D eigenvalue weighted by molar-refractivity contribution is 7.84. The summed E-state index contributed by atoms with van der Waals surface area (Å²) in [5.74, 6) is -3.65. The van der Waals surface area contributed by atoms with Crippen LogP contribution in [0.4, 0.5) is 5.13 Å². The second-order valence-corrected chi connectivity index (χ2v) is 8.41. The number of carbonyl (C=O) groups is 3. The zero-order valence-corrected chi connectivity index (χ0v) is 16.6. The molecule has 0 saturated carbocycles. The van der Waals surface area contributed by atoms with Gasteiger partial charge in [-0.1, -0.05) is 5.16 Å². The summed E-state index contributed by atoms with van der Waals surface area (Å²) in [6.45, 7) is 1.46. The molecule has 16 heteroatoms. The lowest BCUT2D eigenvalue weighted by Gasteiger charge is -2.43. The Balaban J connectivity index is 2.29. The number of aliphatic hydroxyl groups excluding tert-OH is 1. The molecule has 1 aromatic heterocycles. The summed E-state index contributed by atoms with van der Waals surface area (Å²) in [5.41, 5.74) is 3.07. The first-order chi connectivity index (χ1) is 13.3. The van der Waals surface area contributed by atoms with Crippen LogP contribution in [0.15, 0.2) is 10.5 Å². The van der Waals surface area contributed by atoms with Crippen LogP contribution in [0.1, 0.15) is 19.5 Å². The quantitative estimate of drug-likeness (QED) is 0.123. The largest absolute Gasteiger partial charge is 0.478 e. The van der Waals surface area contributed by atoms with Crippen LogP contribution in [0.25, 0.3) is 0 Å². The van der Waals surface area contributed by atoms with Crippen molar-refractivity contribution >= 4 is 50.3 Å². The van der Waals surface area contributed by atoms with E-state index in [1.54, 1.807) is 0 Å². The summed E-state index contributed by atoms with van der Waals surface area (Å²) in [5, 5.41) is 25.4. The zero-order valence-electron chi connectivity index (χ0n) is 15.0. The molecule has 6 N–H and O–H groups in total. The number of anilines is 1. The Morgan fingerprint density at radius 3 is 2.55 bits per heavy atom. The third-order valence-electron chi connectivity index (χ3n) is 3.75. The van der Waals surface area contributed by atoms with Crippen LogP contribution >= 0.6 is 11.3 Å². The monoisotopic (exact) mass is 451 g/mol. The van der Waals surface area contributed by atoms with Gasteiger partial charge in [-0.3, -0.25) is 14.1 Å². The molecule has 1 fully saturated rings. The Morgan fingerprint density at radius 1 is 1.48 bits per heavy atom. The molecule has 0 bridgehead atoms. The molecule has 2 amide bonds. The van der Waals surface area contributed by atoms with Crippen LogP contribution in [-0.2, 0) is 29.5 Å². The Hall–Kier alpha value is -2.82. The van der Waals surface area contributed by atoms with Gasteiger partial charge in [0.2, 0.25) is 5.60 Å². The average Bonchev–Trinajstić information content (AvgIpc) is 3.01. The molecule has 1 aliphatic rings. The van der Waals surface area contributed by atoms with E-state index in [1.165, 1.54) is 19.2 Å². The van der Waals surface area contributed by atoms with Gasteiger partial charge in [-0.05, 0) is 13.8 Å². The average molecular weight is 451 g/mol. The Labute approximate surface area is 167 Å². The van der Waals surface area contributed by atoms with Crippen LogP contribution in [0, 0.1) is 0 Å². The van der Waals surface area contributed by atoms with E-state index in [9.17, 15) is 27.9 Å². The number of aliphatic carboxylic acids is 1. The van der Waals surface area contributed by atoms with E-state index in [0.717, 1.165) is 11.3 Å². The van der Waals surface area contributed by atoms with Gasteiger partial charge in [0, 0.05) is 5.38 Å². The number of carboxylic acids is 1. The molecule has 2 rings (SSSR count). The lowest BCUT2D eigenvalue weighted by atomic mass is 9.99. The van der Waals surface area contributed by atoms with Gasteiger partial charge in [0.15, 0.2) is 10.8 Å². The second-order valence-electron chi connectivity index (χ2n) is 6.23. The Morgan fingerprint density at radius 2 is 2.10 bits per heavy atom. The van der Waals surface area contributed by atoms with Gasteiger partial charge >= 0.3 is 16.3 Å². The van der Waals surface area contributed by atoms with Crippen molar-refractivity contribution in [3.63, 3.8) is 0 Å². The van der Waals surface area contributed by atoms with Crippen LogP contribution in [0.3, 0.4) is 0 Å². The third-order valence-corrected chi connectivity index (χ3v) is 5.37. The van der Waals surface area contributed by atoms with Crippen LogP contribution in [0.2, 0.25) is 0 Å². The summed E-state index contributed by atoms with van der Waals surface area (Å²) in [6, 6.07) is -2.94. The number of carboxylic acid groups (broad SMARTS) is 1. The fourth-order valence-corrected chi connectivity index (χ4v) is 3.57. The summed E-state index contributed by atoms with van der Waals surface area (Å²) in [7, 11) is -4.93. The molecular weight excluding hydrogens is 434 g/mol. The molecule has 0 aromatic carbocycles. The van der Waals surface area contributed by atoms with Crippen molar-refractivity contribution in [2.24, 2.45) is 5.16 Å². The van der Waals surface area contributed by atoms with Crippen molar-refractivity contribution in [3.8, 4) is 0 Å². The van der Waals surface area contributed by atoms with Crippen molar-refractivity contribution in [2.75, 3.05) is 12.3 Å². The maximum atomic E-state index is 12.6. The first-order valence-electron chi connectivity index (χ1n) is 7.73. The van der Waals surface area contributed by atoms with Crippen molar-refractivity contribution < 1.29 is 42.4 Å². The van der Waals surface area contributed by atoms with Gasteiger partial charge in [-0.2, -0.15) is 8.42 Å². The van der Waals surface area contributed by atoms with Gasteiger partial charge in [-0.15, -0.1) is 11.3 Å². The number of β-lactam (4-membered cyclic amide) rings is 1. The fourth-order valence-electron chi connectivity index (χ4n) is 2.15. The normalized spacial score (nSPS) is 20.2. The van der Waals surface area contributed by atoms with E-state index in [1.807, 2.05) is 0 Å². The molecule has 2 atom stereocenters. The van der Waals surface area contributed by atoms with Crippen LogP contribution < -0.4 is 11.1 Å². The number of nitrogens with one attached hydrogen (secondary N) is 1. The van der Waals surface area contributed by atoms with Crippen LogP contribution in [-0.4, -0.2) is 80.3 Å². The minimum atomic E-state index is -4.93. The predicted molar refractivity (Wildman–Crippen MR) is 97.1 cm³/mol. The molecule has 1 aliphatic heterocycles. The molecule has 2 unspecified atom stereocenters. The summed E-state index contributed by atoms with van der Waals surface area (Å²) >= 11 is 0.944. The highest BCUT2D eigenvalue weighted by atomic mass is 32.2. The minimum Gasteiger partial charge on any atom is -0.478 e. The number of carbonyl (C=O) groups excluding carboxylic acids is 2. The van der Waals surface area contributed by atoms with Crippen LogP contribution in [0.5, 0.6) is 0 Å². The third kappa shape index (κ3) is 4.61. The van der Waals surface area contributed by atoms with E-state index in [4.69, 9.17) is 20.2 Å². The van der Waals surface area contributed by atoms with Gasteiger partial charge in [0.25, 0.3) is 11.8 Å². The molecule has 2 heterocycles. The lowest BCUT2D eigenvalue weighted by molar-refractivity contribution is -0.161. The SMILES string of the molecule is CC(C)(O/N=C(\C(=O)NC1C(=O)N(S(=O)(=O)O)C1CO)c1csc(N)n1)C(=O)O. The van der Waals surface area contributed by atoms with Crippen molar-refractivity contribution in [1.29, 1.82) is 0 Å². The molecule has 29 heavy (non-hydrogen) atoms. The molecule has 160 valence electrons. The maximum Gasteiger partial charge on any atom is 0.362 e. The number of hydrogen-bond donors (Lipinski definition) is 5. The van der Waals surface area contributed by atoms with Gasteiger partial charge < -0.3 is 26.1 Å². The predicted octanol–water partition coefficient (Wildman–Crippen LogP) is -2.20. The molecule has 1 aromatic rings. The molecular formula is C13H17N5O9S2. The maximum absolute atomic E-state index is 12.6. The number of nitrogen functional groups attached to an aromatic ring is 1. The van der Waals surface area contributed by atoms with Crippen molar-refractivity contribution in [2.45, 2.75) is 31.5 Å². The molecule has 0 radical (unpaired) electrons. The number of oxime groups is 1. The zero-order chi connectivity index (χ0) is 22.1. The number of rotatable bonds is 8. The number of aliphatic hydroxyl groups is 1. The smallest absolute Gasteiger partial charge is 0.362 e. The van der Waals surface area contributed by atoms with Crippen molar-refractivity contribution in [3.05, 3.63) is 11.1 Å². The molecule has 0 aliphatic carbocycles. The van der Waals surface area contributed by atoms with E-state index in [0.29, 0.717) is 0 Å². The van der Waals surface area contributed by atoms with Gasteiger partial charge in [0.1, 0.15) is 17.8 Å². The Bertz CT molecular complexity index is 971. The molecule has 14 nitrogen and oxygen atoms in total. The first kappa shape index (κ1) is 22.5. The number of aromatic nitrogens is 1. The summed E-state index contributed by atoms with van der Waals surface area (Å²) < 4.78 is 31.4. The van der Waals surface area contributed by atoms with Crippen molar-refractivity contribution in [1.82, 2.24) is 14.6 Å². The lowest BCUT2D eigenvalue weighted by Crippen LogP contribution is -2.73. The van der Waals surface area contributed by atoms with Gasteiger partial charge in [-0.25, -0.2) is 14.1 Å². The number of hydrogen-bond acceptors (Lipinski definition) is 11. The summed E-state index contributed by atoms with van der Waals surface area (Å²) in [4.78, 5) is 44.4. The number of nitrogens with zero attached hydrogens (tertiary/aromatic N) is 3. The standard InChI is InChI=1S/C13H17N5O9S2/c1-13(2,11(22)23)27-17-7(5-4-28-12(14)15-5)9(20)16-8-6(3-19)18(10(8)21)29(24,25)26/h4,6,8,19H,3H2,1-2H3,(H2,14,15)(H,16,20)(H,22,23)(H,24,25,26)/b17-7-. The van der Waals surface area contributed by atoms with E-state index < -0.39 is 58.1 Å². The topological polar surface area (TPSA) is 222 Å². The van der Waals surface area contributed by atoms with E-state index in [2.05, 4.69) is 15.5 Å². The fraction of sp³-hybridized carbons (Fsp3) is 0.462. The molecule has 0 spiro atoms. The molecule has 1 saturated heterocycles. The first-order valence-corrected chi connectivity index (χ1v) is 10.0. The summed E-state index contributed by atoms with van der Waals surface area (Å²) in [6.07, 6.45) is 0. The second kappa shape index (κ2) is 7.90. The van der Waals surface area contributed by atoms with E-state index >= 15 is 0 Å². The number of nitrogens with two attached hydrogens (primary N) is 1. The Kier molecular flexibility index (Phi) is 6.12. The number of thiazole rings is 1. The van der Waals surface area contributed by atoms with Gasteiger partial charge in [0.05, 0.1) is 6.61 Å². The number of amides is 2.